The van der Waals surface area contributed by atoms with E-state index in [1.54, 1.807) is 4.68 Å². The van der Waals surface area contributed by atoms with Crippen LogP contribution in [0.1, 0.15) is 24.3 Å². The topological polar surface area (TPSA) is 64.3 Å². The minimum absolute atomic E-state index is 0.00872. The lowest BCUT2D eigenvalue weighted by Gasteiger charge is -2.29. The zero-order valence-electron chi connectivity index (χ0n) is 8.15. The van der Waals surface area contributed by atoms with E-state index in [1.807, 2.05) is 0 Å². The highest BCUT2D eigenvalue weighted by Crippen LogP contribution is 2.28. The van der Waals surface area contributed by atoms with E-state index in [9.17, 15) is 4.79 Å². The van der Waals surface area contributed by atoms with Crippen LogP contribution in [0.4, 0.5) is 0 Å². The molecule has 5 nitrogen and oxygen atoms in total. The van der Waals surface area contributed by atoms with Crippen molar-refractivity contribution in [1.82, 2.24) is 9.78 Å². The summed E-state index contributed by atoms with van der Waals surface area (Å²) in [7, 11) is 0. The van der Waals surface area contributed by atoms with Gasteiger partial charge < -0.3 is 9.84 Å². The second kappa shape index (κ2) is 2.73. The van der Waals surface area contributed by atoms with Crippen molar-refractivity contribution in [2.24, 2.45) is 5.41 Å². The van der Waals surface area contributed by atoms with Crippen LogP contribution < -0.4 is 4.74 Å². The van der Waals surface area contributed by atoms with E-state index < -0.39 is 5.97 Å². The summed E-state index contributed by atoms with van der Waals surface area (Å²) < 4.78 is 7.01. The molecule has 0 bridgehead atoms. The zero-order chi connectivity index (χ0) is 10.3. The molecule has 0 fully saturated rings. The number of ether oxygens (including phenoxy) is 1. The SMILES string of the molecule is CC1(C)COc2cc(C(=O)O)nn2C1. The third-order valence-corrected chi connectivity index (χ3v) is 2.15. The average Bonchev–Trinajstić information content (AvgIpc) is 2.45. The summed E-state index contributed by atoms with van der Waals surface area (Å²) in [5.74, 6) is -0.477. The van der Waals surface area contributed by atoms with Crippen molar-refractivity contribution in [3.63, 3.8) is 0 Å². The quantitative estimate of drug-likeness (QED) is 0.727. The van der Waals surface area contributed by atoms with Crippen molar-refractivity contribution in [3.05, 3.63) is 11.8 Å². The predicted octanol–water partition coefficient (Wildman–Crippen LogP) is 1.000. The van der Waals surface area contributed by atoms with Crippen LogP contribution in [0.25, 0.3) is 0 Å². The highest BCUT2D eigenvalue weighted by molar-refractivity contribution is 5.85. The number of fused-ring (bicyclic) bond motifs is 1. The summed E-state index contributed by atoms with van der Waals surface area (Å²) >= 11 is 0. The molecule has 5 heteroatoms. The maximum absolute atomic E-state index is 10.6. The van der Waals surface area contributed by atoms with Gasteiger partial charge in [0, 0.05) is 11.5 Å². The summed E-state index contributed by atoms with van der Waals surface area (Å²) in [6, 6.07) is 1.46. The molecule has 0 saturated heterocycles. The Kier molecular flexibility index (Phi) is 1.77. The highest BCUT2D eigenvalue weighted by atomic mass is 16.5. The van der Waals surface area contributed by atoms with Gasteiger partial charge in [0.25, 0.3) is 0 Å². The zero-order valence-corrected chi connectivity index (χ0v) is 8.15. The fourth-order valence-electron chi connectivity index (χ4n) is 1.45. The van der Waals surface area contributed by atoms with Gasteiger partial charge in [0.15, 0.2) is 5.69 Å². The molecular formula is C9H12N2O3. The minimum atomic E-state index is -1.02. The first kappa shape index (κ1) is 9.05. The summed E-state index contributed by atoms with van der Waals surface area (Å²) in [5, 5.41) is 12.7. The van der Waals surface area contributed by atoms with E-state index in [4.69, 9.17) is 9.84 Å². The number of carbonyl (C=O) groups is 1. The van der Waals surface area contributed by atoms with Crippen molar-refractivity contribution in [2.75, 3.05) is 6.61 Å². The van der Waals surface area contributed by atoms with Gasteiger partial charge in [0.2, 0.25) is 5.88 Å². The largest absolute Gasteiger partial charge is 0.477 e. The predicted molar refractivity (Wildman–Crippen MR) is 48.5 cm³/mol. The summed E-state index contributed by atoms with van der Waals surface area (Å²) in [6.07, 6.45) is 0. The van der Waals surface area contributed by atoms with Crippen LogP contribution in [0.3, 0.4) is 0 Å². The molecule has 0 aliphatic carbocycles. The smallest absolute Gasteiger partial charge is 0.356 e. The fourth-order valence-corrected chi connectivity index (χ4v) is 1.45. The molecular weight excluding hydrogens is 184 g/mol. The molecule has 2 rings (SSSR count). The van der Waals surface area contributed by atoms with Gasteiger partial charge in [-0.2, -0.15) is 5.10 Å². The van der Waals surface area contributed by atoms with Crippen molar-refractivity contribution >= 4 is 5.97 Å². The summed E-state index contributed by atoms with van der Waals surface area (Å²) in [4.78, 5) is 10.6. The number of rotatable bonds is 1. The number of aromatic carboxylic acids is 1. The van der Waals surface area contributed by atoms with Gasteiger partial charge >= 0.3 is 5.97 Å². The van der Waals surface area contributed by atoms with Gasteiger partial charge in [-0.25, -0.2) is 9.48 Å². The molecule has 1 aromatic rings. The molecule has 76 valence electrons. The van der Waals surface area contributed by atoms with Crippen LogP contribution in [-0.2, 0) is 6.54 Å². The normalized spacial score (nSPS) is 18.4. The molecule has 14 heavy (non-hydrogen) atoms. The standard InChI is InChI=1S/C9H12N2O3/c1-9(2)4-11-7(14-5-9)3-6(10-11)8(12)13/h3H,4-5H2,1-2H3,(H,12,13). The van der Waals surface area contributed by atoms with Gasteiger partial charge in [-0.15, -0.1) is 0 Å². The molecule has 1 aliphatic rings. The second-order valence-electron chi connectivity index (χ2n) is 4.28. The van der Waals surface area contributed by atoms with Gasteiger partial charge in [0.05, 0.1) is 13.2 Å². The van der Waals surface area contributed by atoms with Crippen molar-refractivity contribution in [3.8, 4) is 5.88 Å². The first-order valence-electron chi connectivity index (χ1n) is 4.42. The van der Waals surface area contributed by atoms with Crippen molar-refractivity contribution in [1.29, 1.82) is 0 Å². The molecule has 2 heterocycles. The van der Waals surface area contributed by atoms with Crippen LogP contribution in [-0.4, -0.2) is 27.5 Å². The van der Waals surface area contributed by atoms with Crippen molar-refractivity contribution < 1.29 is 14.6 Å². The van der Waals surface area contributed by atoms with E-state index in [0.717, 1.165) is 0 Å². The van der Waals surface area contributed by atoms with Gasteiger partial charge in [-0.3, -0.25) is 0 Å². The Morgan fingerprint density at radius 3 is 3.07 bits per heavy atom. The number of carboxylic acid groups (broad SMARTS) is 1. The molecule has 1 aromatic heterocycles. The van der Waals surface area contributed by atoms with Gasteiger partial charge in [0.1, 0.15) is 0 Å². The Labute approximate surface area is 81.3 Å². The van der Waals surface area contributed by atoms with E-state index in [2.05, 4.69) is 18.9 Å². The summed E-state index contributed by atoms with van der Waals surface area (Å²) in [5.41, 5.74) is 0.0483. The lowest BCUT2D eigenvalue weighted by Crippen LogP contribution is -2.32. The average molecular weight is 196 g/mol. The Morgan fingerprint density at radius 1 is 1.71 bits per heavy atom. The summed E-state index contributed by atoms with van der Waals surface area (Å²) in [6.45, 7) is 5.39. The Bertz CT molecular complexity index is 381. The molecule has 0 spiro atoms. The molecule has 0 amide bonds. The molecule has 0 aromatic carbocycles. The molecule has 0 unspecified atom stereocenters. The Balaban J connectivity index is 2.34. The van der Waals surface area contributed by atoms with Gasteiger partial charge in [-0.05, 0) is 0 Å². The van der Waals surface area contributed by atoms with Crippen LogP contribution in [0.2, 0.25) is 0 Å². The molecule has 0 saturated carbocycles. The lowest BCUT2D eigenvalue weighted by molar-refractivity contribution is 0.0687. The Hall–Kier alpha value is -1.52. The first-order chi connectivity index (χ1) is 6.48. The number of hydrogen-bond donors (Lipinski definition) is 1. The second-order valence-corrected chi connectivity index (χ2v) is 4.28. The number of aromatic nitrogens is 2. The molecule has 1 aliphatic heterocycles. The first-order valence-corrected chi connectivity index (χ1v) is 4.42. The molecule has 1 N–H and O–H groups in total. The fraction of sp³-hybridized carbons (Fsp3) is 0.556. The maximum Gasteiger partial charge on any atom is 0.356 e. The van der Waals surface area contributed by atoms with Gasteiger partial charge in [-0.1, -0.05) is 13.8 Å². The van der Waals surface area contributed by atoms with Crippen LogP contribution in [0.5, 0.6) is 5.88 Å². The van der Waals surface area contributed by atoms with E-state index in [1.165, 1.54) is 6.07 Å². The lowest BCUT2D eigenvalue weighted by atomic mass is 9.94. The van der Waals surface area contributed by atoms with Crippen LogP contribution >= 0.6 is 0 Å². The minimum Gasteiger partial charge on any atom is -0.477 e. The third kappa shape index (κ3) is 1.45. The van der Waals surface area contributed by atoms with E-state index >= 15 is 0 Å². The third-order valence-electron chi connectivity index (χ3n) is 2.15. The van der Waals surface area contributed by atoms with Crippen LogP contribution in [0, 0.1) is 5.41 Å². The monoisotopic (exact) mass is 196 g/mol. The molecule has 0 radical (unpaired) electrons. The number of nitrogens with zero attached hydrogens (tertiary/aromatic N) is 2. The van der Waals surface area contributed by atoms with Crippen LogP contribution in [0.15, 0.2) is 6.07 Å². The molecule has 0 atom stereocenters. The van der Waals surface area contributed by atoms with E-state index in [0.29, 0.717) is 19.0 Å². The highest BCUT2D eigenvalue weighted by Gasteiger charge is 2.28. The number of hydrogen-bond acceptors (Lipinski definition) is 3. The Morgan fingerprint density at radius 2 is 2.43 bits per heavy atom. The van der Waals surface area contributed by atoms with Crippen molar-refractivity contribution in [2.45, 2.75) is 20.4 Å². The maximum atomic E-state index is 10.6. The van der Waals surface area contributed by atoms with E-state index in [-0.39, 0.29) is 11.1 Å². The number of carboxylic acids is 1.